The number of urea groups is 1. The molecular formula is C17H18N6O3. The molecule has 134 valence electrons. The largest absolute Gasteiger partial charge is 0.480 e. The van der Waals surface area contributed by atoms with E-state index in [2.05, 4.69) is 25.8 Å². The molecule has 3 rings (SSSR count). The molecule has 0 aliphatic carbocycles. The highest BCUT2D eigenvalue weighted by atomic mass is 16.4. The molecule has 0 bridgehead atoms. The number of aromatic amines is 1. The molecule has 0 saturated heterocycles. The van der Waals surface area contributed by atoms with Crippen molar-refractivity contribution in [3.05, 3.63) is 53.9 Å². The Morgan fingerprint density at radius 3 is 2.69 bits per heavy atom. The molecule has 2 atom stereocenters. The summed E-state index contributed by atoms with van der Waals surface area (Å²) in [5, 5.41) is 21.6. The predicted octanol–water partition coefficient (Wildman–Crippen LogP) is 1.92. The number of benzene rings is 1. The van der Waals surface area contributed by atoms with E-state index in [1.165, 1.54) is 12.3 Å². The zero-order chi connectivity index (χ0) is 18.7. The van der Waals surface area contributed by atoms with Crippen LogP contribution in [0.2, 0.25) is 0 Å². The number of anilines is 1. The van der Waals surface area contributed by atoms with Gasteiger partial charge >= 0.3 is 12.0 Å². The van der Waals surface area contributed by atoms with Crippen molar-refractivity contribution in [2.24, 2.45) is 5.73 Å². The highest BCUT2D eigenvalue weighted by Crippen LogP contribution is 2.22. The van der Waals surface area contributed by atoms with E-state index >= 15 is 0 Å². The van der Waals surface area contributed by atoms with E-state index in [1.807, 2.05) is 37.3 Å². The molecule has 0 aliphatic heterocycles. The van der Waals surface area contributed by atoms with Gasteiger partial charge in [-0.1, -0.05) is 30.3 Å². The summed E-state index contributed by atoms with van der Waals surface area (Å²) >= 11 is 0. The van der Waals surface area contributed by atoms with Crippen LogP contribution < -0.4 is 16.4 Å². The van der Waals surface area contributed by atoms with Crippen LogP contribution in [0.25, 0.3) is 10.9 Å². The number of pyridine rings is 1. The Morgan fingerprint density at radius 2 is 2.00 bits per heavy atom. The number of aliphatic carboxylic acids is 1. The van der Waals surface area contributed by atoms with Gasteiger partial charge < -0.3 is 16.2 Å². The fourth-order valence-corrected chi connectivity index (χ4v) is 2.53. The molecule has 0 radical (unpaired) electrons. The van der Waals surface area contributed by atoms with Crippen LogP contribution >= 0.6 is 0 Å². The van der Waals surface area contributed by atoms with Gasteiger partial charge in [0, 0.05) is 17.6 Å². The maximum atomic E-state index is 12.1. The van der Waals surface area contributed by atoms with Crippen LogP contribution in [0.4, 0.5) is 10.6 Å². The van der Waals surface area contributed by atoms with Gasteiger partial charge in [0.15, 0.2) is 0 Å². The van der Waals surface area contributed by atoms with Crippen molar-refractivity contribution in [2.45, 2.75) is 19.0 Å². The third kappa shape index (κ3) is 3.62. The first-order valence-electron chi connectivity index (χ1n) is 7.90. The number of hydrogen-bond acceptors (Lipinski definition) is 5. The highest BCUT2D eigenvalue weighted by molar-refractivity contribution is 5.92. The number of H-pyrrole nitrogens is 1. The molecule has 6 N–H and O–H groups in total. The van der Waals surface area contributed by atoms with E-state index in [1.54, 1.807) is 0 Å². The molecule has 9 nitrogen and oxygen atoms in total. The Labute approximate surface area is 148 Å². The van der Waals surface area contributed by atoms with Crippen molar-refractivity contribution in [2.75, 3.05) is 5.32 Å². The SMILES string of the molecule is C[C@@H](NC(=O)Nc1cc2n[nH]c(C(N)C(=O)O)c2cn1)c1ccccc1. The minimum atomic E-state index is -1.23. The number of carbonyl (C=O) groups is 2. The van der Waals surface area contributed by atoms with Crippen molar-refractivity contribution in [3.8, 4) is 0 Å². The fraction of sp³-hybridized carbons (Fsp3) is 0.176. The number of carboxylic acids is 1. The Morgan fingerprint density at radius 1 is 1.27 bits per heavy atom. The Kier molecular flexibility index (Phi) is 4.81. The number of carboxylic acid groups (broad SMARTS) is 1. The smallest absolute Gasteiger partial charge is 0.326 e. The van der Waals surface area contributed by atoms with Crippen molar-refractivity contribution < 1.29 is 14.7 Å². The predicted molar refractivity (Wildman–Crippen MR) is 95.5 cm³/mol. The van der Waals surface area contributed by atoms with E-state index in [0.29, 0.717) is 10.9 Å². The molecule has 26 heavy (non-hydrogen) atoms. The molecule has 0 spiro atoms. The topological polar surface area (TPSA) is 146 Å². The van der Waals surface area contributed by atoms with E-state index in [9.17, 15) is 9.59 Å². The highest BCUT2D eigenvalue weighted by Gasteiger charge is 2.20. The van der Waals surface area contributed by atoms with Crippen molar-refractivity contribution in [1.82, 2.24) is 20.5 Å². The number of nitrogens with one attached hydrogen (secondary N) is 3. The van der Waals surface area contributed by atoms with Crippen LogP contribution in [0.1, 0.15) is 30.3 Å². The lowest BCUT2D eigenvalue weighted by molar-refractivity contribution is -0.138. The van der Waals surface area contributed by atoms with Crippen molar-refractivity contribution in [1.29, 1.82) is 0 Å². The summed E-state index contributed by atoms with van der Waals surface area (Å²) in [5.74, 6) is -0.885. The third-order valence-corrected chi connectivity index (χ3v) is 3.93. The molecule has 0 fully saturated rings. The molecule has 3 aromatic rings. The number of fused-ring (bicyclic) bond motifs is 1. The number of carbonyl (C=O) groups excluding carboxylic acids is 1. The molecule has 2 amide bonds. The van der Waals surface area contributed by atoms with Crippen molar-refractivity contribution in [3.63, 3.8) is 0 Å². The number of aromatic nitrogens is 3. The molecular weight excluding hydrogens is 336 g/mol. The maximum absolute atomic E-state index is 12.1. The van der Waals surface area contributed by atoms with Crippen LogP contribution in [0, 0.1) is 0 Å². The van der Waals surface area contributed by atoms with E-state index < -0.39 is 18.0 Å². The van der Waals surface area contributed by atoms with E-state index in [0.717, 1.165) is 5.56 Å². The minimum Gasteiger partial charge on any atom is -0.480 e. The lowest BCUT2D eigenvalue weighted by Crippen LogP contribution is -2.31. The Bertz CT molecular complexity index is 940. The van der Waals surface area contributed by atoms with Crippen LogP contribution in [-0.2, 0) is 4.79 Å². The van der Waals surface area contributed by atoms with Gasteiger partial charge in [-0.3, -0.25) is 15.2 Å². The summed E-state index contributed by atoms with van der Waals surface area (Å²) in [6.45, 7) is 1.87. The monoisotopic (exact) mass is 354 g/mol. The number of nitrogens with zero attached hydrogens (tertiary/aromatic N) is 2. The second-order valence-corrected chi connectivity index (χ2v) is 5.77. The van der Waals surface area contributed by atoms with Gasteiger partial charge in [0.05, 0.1) is 17.3 Å². The number of rotatable bonds is 5. The third-order valence-electron chi connectivity index (χ3n) is 3.93. The van der Waals surface area contributed by atoms with Gasteiger partial charge in [-0.15, -0.1) is 0 Å². The second kappa shape index (κ2) is 7.19. The lowest BCUT2D eigenvalue weighted by Gasteiger charge is -2.14. The maximum Gasteiger partial charge on any atom is 0.326 e. The summed E-state index contributed by atoms with van der Waals surface area (Å²) in [7, 11) is 0. The average Bonchev–Trinajstić information content (AvgIpc) is 3.04. The molecule has 0 aliphatic rings. The van der Waals surface area contributed by atoms with Crippen molar-refractivity contribution >= 4 is 28.7 Å². The quantitative estimate of drug-likeness (QED) is 0.473. The molecule has 2 heterocycles. The standard InChI is InChI=1S/C17H18N6O3/c1-9(10-5-3-2-4-6-10)20-17(26)21-13-7-12-11(8-19-13)15(23-22-12)14(18)16(24)25/h2-9,14H,18H2,1H3,(H,22,23)(H,24,25)(H2,19,20,21,26)/t9-,14?/m1/s1. The van der Waals surface area contributed by atoms with Crippen LogP contribution in [0.3, 0.4) is 0 Å². The Balaban J connectivity index is 1.71. The molecule has 2 aromatic heterocycles. The number of amides is 2. The summed E-state index contributed by atoms with van der Waals surface area (Å²) < 4.78 is 0. The normalized spacial score (nSPS) is 13.2. The first-order valence-corrected chi connectivity index (χ1v) is 7.90. The molecule has 9 heteroatoms. The van der Waals surface area contributed by atoms with Gasteiger partial charge in [0.1, 0.15) is 11.9 Å². The second-order valence-electron chi connectivity index (χ2n) is 5.77. The molecule has 1 unspecified atom stereocenters. The zero-order valence-corrected chi connectivity index (χ0v) is 13.9. The summed E-state index contributed by atoms with van der Waals surface area (Å²) in [6.07, 6.45) is 1.42. The van der Waals surface area contributed by atoms with Gasteiger partial charge in [-0.05, 0) is 12.5 Å². The van der Waals surface area contributed by atoms with Gasteiger partial charge in [0.25, 0.3) is 0 Å². The first-order chi connectivity index (χ1) is 12.5. The number of nitrogens with two attached hydrogens (primary N) is 1. The summed E-state index contributed by atoms with van der Waals surface area (Å²) in [6, 6.07) is 9.28. The molecule has 0 saturated carbocycles. The molecule has 1 aromatic carbocycles. The van der Waals surface area contributed by atoms with Gasteiger partial charge in [0.2, 0.25) is 0 Å². The number of hydrogen-bond donors (Lipinski definition) is 5. The average molecular weight is 354 g/mol. The summed E-state index contributed by atoms with van der Waals surface area (Å²) in [5.41, 5.74) is 7.29. The summed E-state index contributed by atoms with van der Waals surface area (Å²) in [4.78, 5) is 27.3. The van der Waals surface area contributed by atoms with Crippen LogP contribution in [0.15, 0.2) is 42.6 Å². The van der Waals surface area contributed by atoms with Crippen LogP contribution in [0.5, 0.6) is 0 Å². The Hall–Kier alpha value is -3.46. The fourth-order valence-electron chi connectivity index (χ4n) is 2.53. The van der Waals surface area contributed by atoms with E-state index in [4.69, 9.17) is 10.8 Å². The van der Waals surface area contributed by atoms with Gasteiger partial charge in [-0.25, -0.2) is 9.78 Å². The van der Waals surface area contributed by atoms with E-state index in [-0.39, 0.29) is 17.6 Å². The first kappa shape index (κ1) is 17.4. The van der Waals surface area contributed by atoms with Gasteiger partial charge in [-0.2, -0.15) is 5.10 Å². The minimum absolute atomic E-state index is 0.175. The lowest BCUT2D eigenvalue weighted by atomic mass is 10.1. The zero-order valence-electron chi connectivity index (χ0n) is 13.9. The van der Waals surface area contributed by atoms with Crippen LogP contribution in [-0.4, -0.2) is 32.3 Å².